The average Bonchev–Trinajstić information content (AvgIpc) is 2.46. The topological polar surface area (TPSA) is 24.5 Å². The van der Waals surface area contributed by atoms with E-state index in [4.69, 9.17) is 4.74 Å². The maximum atomic E-state index is 5.27. The molecule has 0 bridgehead atoms. The Labute approximate surface area is 165 Å². The van der Waals surface area contributed by atoms with Crippen molar-refractivity contribution in [3.05, 3.63) is 35.9 Å². The second kappa shape index (κ2) is 14.2. The zero-order valence-corrected chi connectivity index (χ0v) is 16.0. The van der Waals surface area contributed by atoms with E-state index in [1.54, 1.807) is 0 Å². The predicted octanol–water partition coefficient (Wildman–Crippen LogP) is 5.85. The van der Waals surface area contributed by atoms with Crippen LogP contribution in [0, 0.1) is 5.41 Å². The van der Waals surface area contributed by atoms with Crippen molar-refractivity contribution >= 4 is 0 Å². The van der Waals surface area contributed by atoms with Crippen molar-refractivity contribution in [2.24, 2.45) is 5.41 Å². The summed E-state index contributed by atoms with van der Waals surface area (Å²) in [6.07, 6.45) is 0. The van der Waals surface area contributed by atoms with Gasteiger partial charge in [-0.15, -0.1) is 0 Å². The van der Waals surface area contributed by atoms with E-state index < -0.39 is 0 Å². The van der Waals surface area contributed by atoms with Crippen LogP contribution in [0.2, 0.25) is 0 Å². The number of nitrogens with one attached hydrogen (secondary N) is 1. The van der Waals surface area contributed by atoms with Crippen LogP contribution in [0.15, 0.2) is 30.3 Å². The lowest BCUT2D eigenvalue weighted by atomic mass is 9.96. The van der Waals surface area contributed by atoms with Crippen LogP contribution in [0.5, 0.6) is 0 Å². The van der Waals surface area contributed by atoms with E-state index in [2.05, 4.69) is 76.0 Å². The SMILES string of the molecule is C.C.C.CC(C)(C)CN1CCOCC1.CC(C)(C)NCc1ccccc1. The molecule has 1 aromatic rings. The Balaban J connectivity index is -0.000000366. The van der Waals surface area contributed by atoms with Crippen molar-refractivity contribution in [1.82, 2.24) is 10.2 Å². The molecule has 1 N–H and O–H groups in total. The largest absolute Gasteiger partial charge is 0.379 e. The van der Waals surface area contributed by atoms with Crippen molar-refractivity contribution in [3.8, 4) is 0 Å². The maximum absolute atomic E-state index is 5.27. The van der Waals surface area contributed by atoms with Gasteiger partial charge in [0, 0.05) is 31.7 Å². The van der Waals surface area contributed by atoms with Gasteiger partial charge in [0.25, 0.3) is 0 Å². The van der Waals surface area contributed by atoms with E-state index in [-0.39, 0.29) is 27.8 Å². The highest BCUT2D eigenvalue weighted by Crippen LogP contribution is 2.15. The Morgan fingerprint density at radius 3 is 1.81 bits per heavy atom. The summed E-state index contributed by atoms with van der Waals surface area (Å²) in [4.78, 5) is 2.48. The lowest BCUT2D eigenvalue weighted by molar-refractivity contribution is 0.0236. The van der Waals surface area contributed by atoms with Crippen LogP contribution in [-0.2, 0) is 11.3 Å². The molecule has 26 heavy (non-hydrogen) atoms. The highest BCUT2D eigenvalue weighted by atomic mass is 16.5. The van der Waals surface area contributed by atoms with Gasteiger partial charge in [-0.3, -0.25) is 4.90 Å². The van der Waals surface area contributed by atoms with E-state index >= 15 is 0 Å². The molecular weight excluding hydrogens is 320 g/mol. The first kappa shape index (κ1) is 29.8. The van der Waals surface area contributed by atoms with Crippen LogP contribution >= 0.6 is 0 Å². The summed E-state index contributed by atoms with van der Waals surface area (Å²) >= 11 is 0. The molecule has 2 rings (SSSR count). The maximum Gasteiger partial charge on any atom is 0.0594 e. The lowest BCUT2D eigenvalue weighted by Gasteiger charge is -2.32. The zero-order valence-electron chi connectivity index (χ0n) is 16.0. The average molecular weight is 369 g/mol. The van der Waals surface area contributed by atoms with Crippen LogP contribution in [0.25, 0.3) is 0 Å². The molecule has 1 aromatic carbocycles. The smallest absolute Gasteiger partial charge is 0.0594 e. The summed E-state index contributed by atoms with van der Waals surface area (Å²) in [5.74, 6) is 0. The molecule has 0 radical (unpaired) electrons. The van der Waals surface area contributed by atoms with Crippen LogP contribution < -0.4 is 5.32 Å². The minimum atomic E-state index is 0. The molecule has 1 aliphatic heterocycles. The molecule has 0 spiro atoms. The van der Waals surface area contributed by atoms with Crippen molar-refractivity contribution in [1.29, 1.82) is 0 Å². The van der Waals surface area contributed by atoms with E-state index in [0.717, 1.165) is 32.8 Å². The van der Waals surface area contributed by atoms with Gasteiger partial charge < -0.3 is 10.1 Å². The third-order valence-corrected chi connectivity index (χ3v) is 3.47. The standard InChI is InChI=1S/C11H17N.C9H19NO.3CH4/c1-11(2,3)12-9-10-7-5-4-6-8-10;1-9(2,3)8-10-4-6-11-7-5-10;;;/h4-8,12H,9H2,1-3H3;4-8H2,1-3H3;3*1H4. The molecule has 0 unspecified atom stereocenters. The van der Waals surface area contributed by atoms with Crippen molar-refractivity contribution in [2.75, 3.05) is 32.8 Å². The number of hydrogen-bond donors (Lipinski definition) is 1. The van der Waals surface area contributed by atoms with Crippen molar-refractivity contribution < 1.29 is 4.74 Å². The van der Waals surface area contributed by atoms with Gasteiger partial charge in [0.1, 0.15) is 0 Å². The number of morpholine rings is 1. The Kier molecular flexibility index (Phi) is 16.3. The normalized spacial score (nSPS) is 14.7. The summed E-state index contributed by atoms with van der Waals surface area (Å²) in [6, 6.07) is 10.5. The Morgan fingerprint density at radius 1 is 0.885 bits per heavy atom. The van der Waals surface area contributed by atoms with Gasteiger partial charge in [0.15, 0.2) is 0 Å². The molecular formula is C23H48N2O. The third kappa shape index (κ3) is 16.6. The Hall–Kier alpha value is -0.900. The number of benzene rings is 1. The highest BCUT2D eigenvalue weighted by molar-refractivity contribution is 5.14. The minimum Gasteiger partial charge on any atom is -0.379 e. The number of ether oxygens (including phenoxy) is 1. The molecule has 1 fully saturated rings. The molecule has 0 aliphatic carbocycles. The number of nitrogens with zero attached hydrogens (tertiary/aromatic N) is 1. The first-order valence-electron chi connectivity index (χ1n) is 8.75. The Bertz CT molecular complexity index is 412. The fraction of sp³-hybridized carbons (Fsp3) is 0.739. The third-order valence-electron chi connectivity index (χ3n) is 3.47. The van der Waals surface area contributed by atoms with Crippen LogP contribution in [-0.4, -0.2) is 43.3 Å². The summed E-state index contributed by atoms with van der Waals surface area (Å²) in [5.41, 5.74) is 1.97. The molecule has 0 atom stereocenters. The molecule has 156 valence electrons. The van der Waals surface area contributed by atoms with Gasteiger partial charge in [-0.05, 0) is 31.7 Å². The van der Waals surface area contributed by atoms with Gasteiger partial charge >= 0.3 is 0 Å². The second-order valence-corrected chi connectivity index (χ2v) is 8.54. The fourth-order valence-corrected chi connectivity index (χ4v) is 2.39. The number of hydrogen-bond acceptors (Lipinski definition) is 3. The molecule has 1 heterocycles. The first-order valence-corrected chi connectivity index (χ1v) is 8.75. The van der Waals surface area contributed by atoms with Gasteiger partial charge in [0.2, 0.25) is 0 Å². The van der Waals surface area contributed by atoms with Crippen LogP contribution in [0.4, 0.5) is 0 Å². The van der Waals surface area contributed by atoms with E-state index in [1.807, 2.05) is 6.07 Å². The van der Waals surface area contributed by atoms with Crippen LogP contribution in [0.3, 0.4) is 0 Å². The van der Waals surface area contributed by atoms with Gasteiger partial charge in [0.05, 0.1) is 13.2 Å². The van der Waals surface area contributed by atoms with E-state index in [9.17, 15) is 0 Å². The molecule has 0 saturated carbocycles. The van der Waals surface area contributed by atoms with Gasteiger partial charge in [-0.2, -0.15) is 0 Å². The monoisotopic (exact) mass is 368 g/mol. The number of rotatable bonds is 3. The van der Waals surface area contributed by atoms with Gasteiger partial charge in [-0.1, -0.05) is 73.4 Å². The predicted molar refractivity (Wildman–Crippen MR) is 120 cm³/mol. The summed E-state index contributed by atoms with van der Waals surface area (Å²) in [6.45, 7) is 19.6. The molecule has 3 nitrogen and oxygen atoms in total. The van der Waals surface area contributed by atoms with Crippen molar-refractivity contribution in [3.63, 3.8) is 0 Å². The highest BCUT2D eigenvalue weighted by Gasteiger charge is 2.17. The summed E-state index contributed by atoms with van der Waals surface area (Å²) in [7, 11) is 0. The second-order valence-electron chi connectivity index (χ2n) is 8.54. The molecule has 1 aliphatic rings. The Morgan fingerprint density at radius 2 is 1.38 bits per heavy atom. The quantitative estimate of drug-likeness (QED) is 0.724. The minimum absolute atomic E-state index is 0. The fourth-order valence-electron chi connectivity index (χ4n) is 2.39. The van der Waals surface area contributed by atoms with E-state index in [1.165, 1.54) is 12.1 Å². The van der Waals surface area contributed by atoms with Gasteiger partial charge in [-0.25, -0.2) is 0 Å². The summed E-state index contributed by atoms with van der Waals surface area (Å²) < 4.78 is 5.27. The van der Waals surface area contributed by atoms with E-state index in [0.29, 0.717) is 5.41 Å². The van der Waals surface area contributed by atoms with Crippen molar-refractivity contribution in [2.45, 2.75) is 75.9 Å². The molecule has 3 heteroatoms. The van der Waals surface area contributed by atoms with Crippen LogP contribution in [0.1, 0.15) is 69.4 Å². The lowest BCUT2D eigenvalue weighted by Crippen LogP contribution is -2.41. The zero-order chi connectivity index (χ0) is 17.3. The molecule has 1 saturated heterocycles. The first-order chi connectivity index (χ1) is 10.7. The molecule has 0 aromatic heterocycles. The molecule has 0 amide bonds. The summed E-state index contributed by atoms with van der Waals surface area (Å²) in [5, 5.41) is 3.44.